The number of nitrogens with two attached hydrogens (primary N) is 1. The van der Waals surface area contributed by atoms with E-state index in [-0.39, 0.29) is 5.56 Å². The topological polar surface area (TPSA) is 63.3 Å². The van der Waals surface area contributed by atoms with Crippen molar-refractivity contribution in [3.8, 4) is 0 Å². The monoisotopic (exact) mass is 211 g/mol. The Hall–Kier alpha value is -1.58. The summed E-state index contributed by atoms with van der Waals surface area (Å²) in [6, 6.07) is 4.09. The molecule has 1 rings (SSSR count). The fourth-order valence-electron chi connectivity index (χ4n) is 1.44. The molecule has 0 heterocycles. The number of aliphatic carboxylic acids is 1. The van der Waals surface area contributed by atoms with Gasteiger partial charge in [0.2, 0.25) is 0 Å². The third-order valence-corrected chi connectivity index (χ3v) is 2.77. The van der Waals surface area contributed by atoms with Gasteiger partial charge in [0.25, 0.3) is 0 Å². The van der Waals surface area contributed by atoms with Crippen LogP contribution in [0, 0.1) is 5.82 Å². The molecule has 0 fully saturated rings. The lowest BCUT2D eigenvalue weighted by Gasteiger charge is -2.24. The van der Waals surface area contributed by atoms with E-state index < -0.39 is 17.2 Å². The molecule has 15 heavy (non-hydrogen) atoms. The Balaban J connectivity index is 3.30. The summed E-state index contributed by atoms with van der Waals surface area (Å²) in [4.78, 5) is 11.1. The third-order valence-electron chi connectivity index (χ3n) is 2.77. The molecule has 0 spiro atoms. The summed E-state index contributed by atoms with van der Waals surface area (Å²) in [5.74, 6) is -1.60. The van der Waals surface area contributed by atoms with Gasteiger partial charge in [0, 0.05) is 11.3 Å². The van der Waals surface area contributed by atoms with Gasteiger partial charge >= 0.3 is 5.97 Å². The Morgan fingerprint density at radius 3 is 2.60 bits per heavy atom. The molecule has 0 aliphatic rings. The Bertz CT molecular complexity index is 392. The van der Waals surface area contributed by atoms with Crippen LogP contribution in [-0.2, 0) is 10.2 Å². The van der Waals surface area contributed by atoms with Gasteiger partial charge in [0.05, 0.1) is 5.41 Å². The number of hydrogen-bond acceptors (Lipinski definition) is 2. The molecule has 0 radical (unpaired) electrons. The lowest BCUT2D eigenvalue weighted by Crippen LogP contribution is -2.32. The number of nitrogen functional groups attached to an aromatic ring is 1. The fourth-order valence-corrected chi connectivity index (χ4v) is 1.44. The van der Waals surface area contributed by atoms with Crippen LogP contribution in [0.2, 0.25) is 0 Å². The highest BCUT2D eigenvalue weighted by Gasteiger charge is 2.35. The molecule has 0 aliphatic carbocycles. The first-order valence-corrected chi connectivity index (χ1v) is 4.70. The van der Waals surface area contributed by atoms with Gasteiger partial charge in [-0.2, -0.15) is 0 Å². The van der Waals surface area contributed by atoms with E-state index in [4.69, 9.17) is 10.8 Å². The number of hydrogen-bond donors (Lipinski definition) is 2. The van der Waals surface area contributed by atoms with Crippen LogP contribution in [-0.4, -0.2) is 11.1 Å². The lowest BCUT2D eigenvalue weighted by atomic mass is 9.80. The lowest BCUT2D eigenvalue weighted by molar-refractivity contribution is -0.143. The van der Waals surface area contributed by atoms with Gasteiger partial charge in [-0.3, -0.25) is 4.79 Å². The number of benzene rings is 1. The van der Waals surface area contributed by atoms with Gasteiger partial charge in [-0.05, 0) is 25.5 Å². The number of carbonyl (C=O) groups is 1. The summed E-state index contributed by atoms with van der Waals surface area (Å²) >= 11 is 0. The van der Waals surface area contributed by atoms with E-state index in [1.165, 1.54) is 19.1 Å². The highest BCUT2D eigenvalue weighted by atomic mass is 19.1. The largest absolute Gasteiger partial charge is 0.481 e. The molecule has 1 unspecified atom stereocenters. The molecule has 0 bridgehead atoms. The summed E-state index contributed by atoms with van der Waals surface area (Å²) in [6.45, 7) is 3.22. The van der Waals surface area contributed by atoms with Crippen LogP contribution < -0.4 is 5.73 Å². The molecule has 3 nitrogen and oxygen atoms in total. The molecule has 0 aromatic heterocycles. The molecule has 0 saturated heterocycles. The van der Waals surface area contributed by atoms with Crippen LogP contribution >= 0.6 is 0 Å². The summed E-state index contributed by atoms with van der Waals surface area (Å²) in [6.07, 6.45) is 0.323. The molecule has 0 amide bonds. The van der Waals surface area contributed by atoms with Crippen molar-refractivity contribution in [1.29, 1.82) is 0 Å². The Kier molecular flexibility index (Phi) is 2.98. The second kappa shape index (κ2) is 3.88. The summed E-state index contributed by atoms with van der Waals surface area (Å²) in [5, 5.41) is 9.08. The number of carboxylic acids is 1. The average molecular weight is 211 g/mol. The van der Waals surface area contributed by atoms with Crippen molar-refractivity contribution in [1.82, 2.24) is 0 Å². The van der Waals surface area contributed by atoms with Crippen molar-refractivity contribution in [2.45, 2.75) is 25.7 Å². The highest BCUT2D eigenvalue weighted by molar-refractivity contribution is 5.81. The minimum atomic E-state index is -1.20. The van der Waals surface area contributed by atoms with E-state index >= 15 is 0 Å². The van der Waals surface area contributed by atoms with Gasteiger partial charge < -0.3 is 10.8 Å². The zero-order chi connectivity index (χ0) is 11.6. The van der Waals surface area contributed by atoms with Crippen LogP contribution in [0.5, 0.6) is 0 Å². The predicted molar refractivity (Wildman–Crippen MR) is 56.1 cm³/mol. The summed E-state index contributed by atoms with van der Waals surface area (Å²) < 4.78 is 13.5. The third kappa shape index (κ3) is 1.93. The molecule has 82 valence electrons. The van der Waals surface area contributed by atoms with Crippen molar-refractivity contribution in [2.75, 3.05) is 5.73 Å². The molecule has 1 aromatic rings. The molecular formula is C11H14FNO2. The molecule has 0 aliphatic heterocycles. The summed E-state index contributed by atoms with van der Waals surface area (Å²) in [5.41, 5.74) is 4.67. The smallest absolute Gasteiger partial charge is 0.313 e. The van der Waals surface area contributed by atoms with E-state index in [9.17, 15) is 9.18 Å². The van der Waals surface area contributed by atoms with Gasteiger partial charge in [0.1, 0.15) is 5.82 Å². The van der Waals surface area contributed by atoms with Gasteiger partial charge in [-0.25, -0.2) is 4.39 Å². The molecule has 4 heteroatoms. The molecule has 1 aromatic carbocycles. The maximum atomic E-state index is 13.5. The standard InChI is InChI=1S/C11H14FNO2/c1-3-11(2,10(14)15)8-5-4-7(13)6-9(8)12/h4-6H,3,13H2,1-2H3,(H,14,15). The quantitative estimate of drug-likeness (QED) is 0.753. The summed E-state index contributed by atoms with van der Waals surface area (Å²) in [7, 11) is 0. The van der Waals surface area contributed by atoms with E-state index in [0.29, 0.717) is 12.1 Å². The molecule has 3 N–H and O–H groups in total. The van der Waals surface area contributed by atoms with Crippen LogP contribution in [0.15, 0.2) is 18.2 Å². The number of halogens is 1. The van der Waals surface area contributed by atoms with E-state index in [1.807, 2.05) is 0 Å². The first-order chi connectivity index (χ1) is 6.91. The Morgan fingerprint density at radius 2 is 2.20 bits per heavy atom. The maximum absolute atomic E-state index is 13.5. The highest BCUT2D eigenvalue weighted by Crippen LogP contribution is 2.30. The minimum absolute atomic E-state index is 0.173. The Labute approximate surface area is 87.7 Å². The van der Waals surface area contributed by atoms with Crippen LogP contribution in [0.25, 0.3) is 0 Å². The van der Waals surface area contributed by atoms with Gasteiger partial charge in [-0.15, -0.1) is 0 Å². The molecular weight excluding hydrogens is 197 g/mol. The second-order valence-corrected chi connectivity index (χ2v) is 3.73. The van der Waals surface area contributed by atoms with E-state index in [0.717, 1.165) is 6.07 Å². The SMILES string of the molecule is CCC(C)(C(=O)O)c1ccc(N)cc1F. The zero-order valence-electron chi connectivity index (χ0n) is 8.75. The second-order valence-electron chi connectivity index (χ2n) is 3.73. The first-order valence-electron chi connectivity index (χ1n) is 4.70. The fraction of sp³-hybridized carbons (Fsp3) is 0.364. The number of anilines is 1. The van der Waals surface area contributed by atoms with Crippen LogP contribution in [0.3, 0.4) is 0 Å². The maximum Gasteiger partial charge on any atom is 0.313 e. The average Bonchev–Trinajstić information content (AvgIpc) is 2.16. The minimum Gasteiger partial charge on any atom is -0.481 e. The normalized spacial score (nSPS) is 14.6. The van der Waals surface area contributed by atoms with E-state index in [1.54, 1.807) is 6.92 Å². The van der Waals surface area contributed by atoms with Crippen molar-refractivity contribution in [2.24, 2.45) is 0 Å². The number of rotatable bonds is 3. The van der Waals surface area contributed by atoms with Gasteiger partial charge in [0.15, 0.2) is 0 Å². The van der Waals surface area contributed by atoms with Crippen molar-refractivity contribution >= 4 is 11.7 Å². The van der Waals surface area contributed by atoms with Gasteiger partial charge in [-0.1, -0.05) is 13.0 Å². The zero-order valence-corrected chi connectivity index (χ0v) is 8.75. The van der Waals surface area contributed by atoms with Crippen molar-refractivity contribution in [3.05, 3.63) is 29.6 Å². The van der Waals surface area contributed by atoms with Crippen LogP contribution in [0.4, 0.5) is 10.1 Å². The Morgan fingerprint density at radius 1 is 1.60 bits per heavy atom. The molecule has 1 atom stereocenters. The molecule has 0 saturated carbocycles. The predicted octanol–water partition coefficient (Wildman–Crippen LogP) is 2.16. The number of carboxylic acid groups (broad SMARTS) is 1. The van der Waals surface area contributed by atoms with Crippen molar-refractivity contribution < 1.29 is 14.3 Å². The van der Waals surface area contributed by atoms with Crippen LogP contribution in [0.1, 0.15) is 25.8 Å². The van der Waals surface area contributed by atoms with E-state index in [2.05, 4.69) is 0 Å². The van der Waals surface area contributed by atoms with Crippen molar-refractivity contribution in [3.63, 3.8) is 0 Å². The first kappa shape index (κ1) is 11.5.